The van der Waals surface area contributed by atoms with E-state index in [4.69, 9.17) is 4.74 Å². The molecule has 0 fully saturated rings. The SMILES string of the molecule is O=C(CCNS(=O)(=O)c1ccccc1)Nc1nc2ccc(OCC(F)(F)F)cc2s1. The summed E-state index contributed by atoms with van der Waals surface area (Å²) in [6, 6.07) is 12.0. The lowest BCUT2D eigenvalue weighted by molar-refractivity contribution is -0.153. The molecule has 0 spiro atoms. The standard InChI is InChI=1S/C18H16F3N3O4S2/c19-18(20,21)11-28-12-6-7-14-15(10-12)29-17(23-14)24-16(25)8-9-22-30(26,27)13-4-2-1-3-5-13/h1-7,10,22H,8-9,11H2,(H,23,24,25). The van der Waals surface area contributed by atoms with Gasteiger partial charge in [0, 0.05) is 13.0 Å². The molecule has 0 bridgehead atoms. The number of hydrogen-bond acceptors (Lipinski definition) is 6. The molecule has 0 aliphatic carbocycles. The molecule has 0 atom stereocenters. The van der Waals surface area contributed by atoms with Gasteiger partial charge in [-0.05, 0) is 30.3 Å². The number of fused-ring (bicyclic) bond motifs is 1. The Morgan fingerprint density at radius 3 is 2.57 bits per heavy atom. The van der Waals surface area contributed by atoms with E-state index < -0.39 is 28.7 Å². The minimum atomic E-state index is -4.44. The van der Waals surface area contributed by atoms with E-state index in [1.54, 1.807) is 18.2 Å². The Hall–Kier alpha value is -2.70. The third-order valence-corrected chi connectivity index (χ3v) is 6.12. The van der Waals surface area contributed by atoms with Crippen molar-refractivity contribution in [2.45, 2.75) is 17.5 Å². The van der Waals surface area contributed by atoms with E-state index in [-0.39, 0.29) is 28.7 Å². The monoisotopic (exact) mass is 459 g/mol. The normalized spacial score (nSPS) is 12.1. The lowest BCUT2D eigenvalue weighted by Crippen LogP contribution is -2.27. The zero-order valence-electron chi connectivity index (χ0n) is 15.3. The number of halogens is 3. The lowest BCUT2D eigenvalue weighted by atomic mass is 10.3. The Balaban J connectivity index is 1.55. The number of nitrogens with zero attached hydrogens (tertiary/aromatic N) is 1. The Morgan fingerprint density at radius 1 is 1.13 bits per heavy atom. The highest BCUT2D eigenvalue weighted by atomic mass is 32.2. The summed E-state index contributed by atoms with van der Waals surface area (Å²) in [7, 11) is -3.71. The summed E-state index contributed by atoms with van der Waals surface area (Å²) in [4.78, 5) is 16.3. The molecule has 1 aromatic heterocycles. The van der Waals surface area contributed by atoms with Gasteiger partial charge in [-0.2, -0.15) is 13.2 Å². The molecule has 0 saturated carbocycles. The fraction of sp³-hybridized carbons (Fsp3) is 0.222. The number of carbonyl (C=O) groups is 1. The fourth-order valence-electron chi connectivity index (χ4n) is 2.38. The van der Waals surface area contributed by atoms with Crippen molar-refractivity contribution >= 4 is 42.6 Å². The van der Waals surface area contributed by atoms with E-state index >= 15 is 0 Å². The first-order valence-corrected chi connectivity index (χ1v) is 10.9. The van der Waals surface area contributed by atoms with Crippen molar-refractivity contribution in [1.82, 2.24) is 9.71 Å². The van der Waals surface area contributed by atoms with Crippen LogP contribution in [0.5, 0.6) is 5.75 Å². The quantitative estimate of drug-likeness (QED) is 0.537. The maximum atomic E-state index is 12.2. The van der Waals surface area contributed by atoms with Crippen molar-refractivity contribution in [3.63, 3.8) is 0 Å². The van der Waals surface area contributed by atoms with Gasteiger partial charge >= 0.3 is 6.18 Å². The highest BCUT2D eigenvalue weighted by Crippen LogP contribution is 2.30. The Bertz CT molecular complexity index is 1130. The number of anilines is 1. The Morgan fingerprint density at radius 2 is 1.87 bits per heavy atom. The molecule has 0 aliphatic rings. The van der Waals surface area contributed by atoms with Gasteiger partial charge in [-0.15, -0.1) is 0 Å². The van der Waals surface area contributed by atoms with Crippen LogP contribution >= 0.6 is 11.3 Å². The maximum Gasteiger partial charge on any atom is 0.422 e. The van der Waals surface area contributed by atoms with Gasteiger partial charge in [-0.25, -0.2) is 18.1 Å². The van der Waals surface area contributed by atoms with Crippen LogP contribution in [0.4, 0.5) is 18.3 Å². The van der Waals surface area contributed by atoms with Gasteiger partial charge in [0.15, 0.2) is 11.7 Å². The number of sulfonamides is 1. The summed E-state index contributed by atoms with van der Waals surface area (Å²) in [6.07, 6.45) is -4.56. The molecule has 0 unspecified atom stereocenters. The fourth-order valence-corrected chi connectivity index (χ4v) is 4.34. The number of rotatable bonds is 8. The Labute approximate surface area is 173 Å². The number of hydrogen-bond donors (Lipinski definition) is 2. The minimum absolute atomic E-state index is 0.0386. The van der Waals surface area contributed by atoms with E-state index in [1.165, 1.54) is 30.3 Å². The van der Waals surface area contributed by atoms with Gasteiger partial charge in [0.25, 0.3) is 0 Å². The minimum Gasteiger partial charge on any atom is -0.484 e. The number of amides is 1. The van der Waals surface area contributed by atoms with E-state index in [2.05, 4.69) is 15.0 Å². The van der Waals surface area contributed by atoms with Crippen molar-refractivity contribution in [3.8, 4) is 5.75 Å². The van der Waals surface area contributed by atoms with Crippen LogP contribution < -0.4 is 14.8 Å². The van der Waals surface area contributed by atoms with Crippen LogP contribution in [-0.4, -0.2) is 38.6 Å². The van der Waals surface area contributed by atoms with Crippen molar-refractivity contribution in [1.29, 1.82) is 0 Å². The van der Waals surface area contributed by atoms with Crippen LogP contribution in [0, 0.1) is 0 Å². The third-order valence-electron chi connectivity index (χ3n) is 3.71. The molecule has 30 heavy (non-hydrogen) atoms. The van der Waals surface area contributed by atoms with Crippen LogP contribution in [0.1, 0.15) is 6.42 Å². The van der Waals surface area contributed by atoms with E-state index in [1.807, 2.05) is 0 Å². The number of benzene rings is 2. The smallest absolute Gasteiger partial charge is 0.422 e. The van der Waals surface area contributed by atoms with E-state index in [0.717, 1.165) is 11.3 Å². The molecule has 1 amide bonds. The summed E-state index contributed by atoms with van der Waals surface area (Å²) < 4.78 is 68.5. The van der Waals surface area contributed by atoms with Crippen LogP contribution in [0.25, 0.3) is 10.2 Å². The van der Waals surface area contributed by atoms with Gasteiger partial charge in [0.1, 0.15) is 5.75 Å². The molecule has 2 N–H and O–H groups in total. The highest BCUT2D eigenvalue weighted by Gasteiger charge is 2.28. The van der Waals surface area contributed by atoms with Crippen LogP contribution in [0.3, 0.4) is 0 Å². The summed E-state index contributed by atoms with van der Waals surface area (Å²) in [6.45, 7) is -1.51. The average molecular weight is 459 g/mol. The predicted octanol–water partition coefficient (Wildman–Crippen LogP) is 3.54. The summed E-state index contributed by atoms with van der Waals surface area (Å²) in [5, 5.41) is 2.79. The van der Waals surface area contributed by atoms with Crippen LogP contribution in [-0.2, 0) is 14.8 Å². The number of ether oxygens (including phenoxy) is 1. The summed E-state index contributed by atoms with van der Waals surface area (Å²) in [5.41, 5.74) is 0.486. The Kier molecular flexibility index (Phi) is 6.58. The molecule has 0 saturated heterocycles. The third kappa shape index (κ3) is 6.15. The second-order valence-corrected chi connectivity index (χ2v) is 8.86. The molecule has 1 heterocycles. The maximum absolute atomic E-state index is 12.2. The molecule has 3 rings (SSSR count). The van der Waals surface area contributed by atoms with E-state index in [9.17, 15) is 26.4 Å². The zero-order chi connectivity index (χ0) is 21.8. The van der Waals surface area contributed by atoms with Gasteiger partial charge in [0.2, 0.25) is 15.9 Å². The van der Waals surface area contributed by atoms with Gasteiger partial charge in [-0.3, -0.25) is 4.79 Å². The second-order valence-electron chi connectivity index (χ2n) is 6.06. The average Bonchev–Trinajstić information content (AvgIpc) is 3.07. The largest absolute Gasteiger partial charge is 0.484 e. The highest BCUT2D eigenvalue weighted by molar-refractivity contribution is 7.89. The molecule has 0 radical (unpaired) electrons. The molecule has 160 valence electrons. The number of nitrogens with one attached hydrogen (secondary N) is 2. The topological polar surface area (TPSA) is 97.4 Å². The first kappa shape index (κ1) is 22.0. The van der Waals surface area contributed by atoms with E-state index in [0.29, 0.717) is 10.2 Å². The first-order chi connectivity index (χ1) is 14.1. The molecule has 3 aromatic rings. The van der Waals surface area contributed by atoms with Gasteiger partial charge in [0.05, 0.1) is 15.1 Å². The molecule has 7 nitrogen and oxygen atoms in total. The number of alkyl halides is 3. The molecular formula is C18H16F3N3O4S2. The number of thiazole rings is 1. The molecular weight excluding hydrogens is 443 g/mol. The number of carbonyl (C=O) groups excluding carboxylic acids is 1. The van der Waals surface area contributed by atoms with Gasteiger partial charge < -0.3 is 10.1 Å². The zero-order valence-corrected chi connectivity index (χ0v) is 16.9. The lowest BCUT2D eigenvalue weighted by Gasteiger charge is -2.08. The second kappa shape index (κ2) is 8.98. The predicted molar refractivity (Wildman–Crippen MR) is 106 cm³/mol. The van der Waals surface area contributed by atoms with Crippen molar-refractivity contribution in [2.75, 3.05) is 18.5 Å². The first-order valence-electron chi connectivity index (χ1n) is 8.57. The number of aromatic nitrogens is 1. The van der Waals surface area contributed by atoms with Crippen molar-refractivity contribution < 1.29 is 31.1 Å². The van der Waals surface area contributed by atoms with Gasteiger partial charge in [-0.1, -0.05) is 29.5 Å². The molecule has 2 aromatic carbocycles. The van der Waals surface area contributed by atoms with Crippen molar-refractivity contribution in [2.24, 2.45) is 0 Å². The molecule has 0 aliphatic heterocycles. The van der Waals surface area contributed by atoms with Crippen molar-refractivity contribution in [3.05, 3.63) is 48.5 Å². The van der Waals surface area contributed by atoms with Crippen LogP contribution in [0.15, 0.2) is 53.4 Å². The summed E-state index contributed by atoms with van der Waals surface area (Å²) >= 11 is 1.07. The molecule has 12 heteroatoms. The summed E-state index contributed by atoms with van der Waals surface area (Å²) in [5.74, 6) is -0.421. The van der Waals surface area contributed by atoms with Crippen LogP contribution in [0.2, 0.25) is 0 Å².